The van der Waals surface area contributed by atoms with Crippen molar-refractivity contribution in [1.29, 1.82) is 0 Å². The van der Waals surface area contributed by atoms with Gasteiger partial charge in [0.05, 0.1) is 6.20 Å². The largest absolute Gasteiger partial charge is 0.441 e. The molecular formula is C17H23ClN2O. The van der Waals surface area contributed by atoms with Crippen molar-refractivity contribution in [3.05, 3.63) is 40.9 Å². The third kappa shape index (κ3) is 4.87. The Labute approximate surface area is 131 Å². The summed E-state index contributed by atoms with van der Waals surface area (Å²) in [5.41, 5.74) is 2.19. The van der Waals surface area contributed by atoms with Gasteiger partial charge in [-0.2, -0.15) is 0 Å². The number of aromatic nitrogens is 1. The van der Waals surface area contributed by atoms with E-state index in [9.17, 15) is 0 Å². The molecule has 1 aromatic carbocycles. The molecule has 0 spiro atoms. The number of hydrogen-bond donors (Lipinski definition) is 1. The third-order valence-electron chi connectivity index (χ3n) is 3.23. The Kier molecular flexibility index (Phi) is 5.07. The lowest BCUT2D eigenvalue weighted by molar-refractivity contribution is 0.412. The Morgan fingerprint density at radius 1 is 1.29 bits per heavy atom. The van der Waals surface area contributed by atoms with Gasteiger partial charge in [0.25, 0.3) is 0 Å². The average molecular weight is 307 g/mol. The van der Waals surface area contributed by atoms with Crippen molar-refractivity contribution in [2.45, 2.75) is 46.1 Å². The second-order valence-electron chi connectivity index (χ2n) is 6.36. The Morgan fingerprint density at radius 3 is 2.71 bits per heavy atom. The molecule has 1 N–H and O–H groups in total. The molecule has 0 fully saturated rings. The van der Waals surface area contributed by atoms with Gasteiger partial charge in [0, 0.05) is 22.5 Å². The minimum atomic E-state index is 0.153. The molecule has 3 nitrogen and oxygen atoms in total. The zero-order valence-electron chi connectivity index (χ0n) is 13.2. The van der Waals surface area contributed by atoms with E-state index >= 15 is 0 Å². The minimum Gasteiger partial charge on any atom is -0.441 e. The molecule has 21 heavy (non-hydrogen) atoms. The van der Waals surface area contributed by atoms with Gasteiger partial charge in [-0.25, -0.2) is 4.98 Å². The van der Waals surface area contributed by atoms with Crippen molar-refractivity contribution in [1.82, 2.24) is 10.3 Å². The van der Waals surface area contributed by atoms with E-state index in [-0.39, 0.29) is 5.54 Å². The smallest absolute Gasteiger partial charge is 0.194 e. The predicted molar refractivity (Wildman–Crippen MR) is 87.8 cm³/mol. The van der Waals surface area contributed by atoms with Crippen molar-refractivity contribution in [2.24, 2.45) is 0 Å². The lowest BCUT2D eigenvalue weighted by atomic mass is 10.1. The highest BCUT2D eigenvalue weighted by molar-refractivity contribution is 6.31. The topological polar surface area (TPSA) is 38.1 Å². The molecule has 0 radical (unpaired) electrons. The first-order valence-electron chi connectivity index (χ1n) is 7.31. The lowest BCUT2D eigenvalue weighted by Crippen LogP contribution is -2.36. The van der Waals surface area contributed by atoms with Crippen molar-refractivity contribution < 1.29 is 4.42 Å². The second kappa shape index (κ2) is 6.63. The molecule has 0 unspecified atom stereocenters. The second-order valence-corrected chi connectivity index (χ2v) is 6.77. The standard InChI is InChI=1S/C17H23ClN2O/c1-12-7-8-13(10-14(12)18)15-11-19-16(21-15)6-5-9-20-17(2,3)4/h7-8,10-11,20H,5-6,9H2,1-4H3. The van der Waals surface area contributed by atoms with E-state index < -0.39 is 0 Å². The molecule has 0 atom stereocenters. The molecule has 114 valence electrons. The summed E-state index contributed by atoms with van der Waals surface area (Å²) < 4.78 is 5.80. The summed E-state index contributed by atoms with van der Waals surface area (Å²) in [6.07, 6.45) is 3.61. The van der Waals surface area contributed by atoms with Gasteiger partial charge < -0.3 is 9.73 Å². The summed E-state index contributed by atoms with van der Waals surface area (Å²) in [5.74, 6) is 1.55. The Bertz CT molecular complexity index is 599. The molecular weight excluding hydrogens is 284 g/mol. The van der Waals surface area contributed by atoms with Gasteiger partial charge in [0.15, 0.2) is 11.7 Å². The highest BCUT2D eigenvalue weighted by Gasteiger charge is 2.10. The number of aryl methyl sites for hydroxylation is 2. The Hall–Kier alpha value is -1.32. The zero-order chi connectivity index (χ0) is 15.5. The summed E-state index contributed by atoms with van der Waals surface area (Å²) in [6.45, 7) is 9.43. The Morgan fingerprint density at radius 2 is 2.05 bits per heavy atom. The van der Waals surface area contributed by atoms with Gasteiger partial charge in [0.2, 0.25) is 0 Å². The van der Waals surface area contributed by atoms with Crippen LogP contribution in [0.2, 0.25) is 5.02 Å². The monoisotopic (exact) mass is 306 g/mol. The maximum absolute atomic E-state index is 6.15. The first-order valence-corrected chi connectivity index (χ1v) is 7.69. The van der Waals surface area contributed by atoms with Crippen molar-refractivity contribution in [2.75, 3.05) is 6.54 Å². The van der Waals surface area contributed by atoms with Crippen molar-refractivity contribution in [3.8, 4) is 11.3 Å². The van der Waals surface area contributed by atoms with Crippen LogP contribution < -0.4 is 5.32 Å². The van der Waals surface area contributed by atoms with Crippen LogP contribution in [0.4, 0.5) is 0 Å². The fraction of sp³-hybridized carbons (Fsp3) is 0.471. The van der Waals surface area contributed by atoms with Crippen LogP contribution in [0.3, 0.4) is 0 Å². The van der Waals surface area contributed by atoms with Crippen LogP contribution in [0.1, 0.15) is 38.6 Å². The molecule has 0 saturated carbocycles. The van der Waals surface area contributed by atoms with Crippen LogP contribution >= 0.6 is 11.6 Å². The van der Waals surface area contributed by atoms with E-state index in [4.69, 9.17) is 16.0 Å². The first kappa shape index (κ1) is 16.1. The summed E-state index contributed by atoms with van der Waals surface area (Å²) >= 11 is 6.15. The van der Waals surface area contributed by atoms with Crippen molar-refractivity contribution >= 4 is 11.6 Å². The highest BCUT2D eigenvalue weighted by atomic mass is 35.5. The summed E-state index contributed by atoms with van der Waals surface area (Å²) in [4.78, 5) is 4.34. The fourth-order valence-corrected chi connectivity index (χ4v) is 2.19. The zero-order valence-corrected chi connectivity index (χ0v) is 13.9. The number of nitrogens with one attached hydrogen (secondary N) is 1. The van der Waals surface area contributed by atoms with E-state index in [0.717, 1.165) is 47.2 Å². The van der Waals surface area contributed by atoms with Crippen LogP contribution in [0, 0.1) is 6.92 Å². The van der Waals surface area contributed by atoms with E-state index in [2.05, 4.69) is 31.1 Å². The molecule has 0 aliphatic rings. The number of benzene rings is 1. The quantitative estimate of drug-likeness (QED) is 0.819. The fourth-order valence-electron chi connectivity index (χ4n) is 2.01. The minimum absolute atomic E-state index is 0.153. The van der Waals surface area contributed by atoms with E-state index in [1.165, 1.54) is 0 Å². The number of halogens is 1. The molecule has 1 aromatic heterocycles. The van der Waals surface area contributed by atoms with Gasteiger partial charge in [-0.3, -0.25) is 0 Å². The molecule has 0 aliphatic carbocycles. The molecule has 2 rings (SSSR count). The highest BCUT2D eigenvalue weighted by Crippen LogP contribution is 2.26. The molecule has 4 heteroatoms. The van der Waals surface area contributed by atoms with E-state index in [1.54, 1.807) is 6.20 Å². The number of nitrogens with zero attached hydrogens (tertiary/aromatic N) is 1. The molecule has 0 bridgehead atoms. The lowest BCUT2D eigenvalue weighted by Gasteiger charge is -2.20. The van der Waals surface area contributed by atoms with Crippen molar-refractivity contribution in [3.63, 3.8) is 0 Å². The number of rotatable bonds is 5. The van der Waals surface area contributed by atoms with Crippen LogP contribution in [0.25, 0.3) is 11.3 Å². The van der Waals surface area contributed by atoms with Gasteiger partial charge >= 0.3 is 0 Å². The SMILES string of the molecule is Cc1ccc(-c2cnc(CCCNC(C)(C)C)o2)cc1Cl. The normalized spacial score (nSPS) is 11.9. The molecule has 2 aromatic rings. The van der Waals surface area contributed by atoms with Crippen LogP contribution in [0.5, 0.6) is 0 Å². The Balaban J connectivity index is 1.93. The summed E-state index contributed by atoms with van der Waals surface area (Å²) in [6, 6.07) is 5.92. The number of oxazole rings is 1. The van der Waals surface area contributed by atoms with Crippen LogP contribution in [-0.4, -0.2) is 17.1 Å². The van der Waals surface area contributed by atoms with Gasteiger partial charge in [0.1, 0.15) is 0 Å². The molecule has 0 saturated heterocycles. The number of hydrogen-bond acceptors (Lipinski definition) is 3. The maximum atomic E-state index is 6.15. The van der Waals surface area contributed by atoms with Crippen LogP contribution in [-0.2, 0) is 6.42 Å². The van der Waals surface area contributed by atoms with E-state index in [0.29, 0.717) is 0 Å². The molecule has 0 amide bonds. The molecule has 1 heterocycles. The summed E-state index contributed by atoms with van der Waals surface area (Å²) in [7, 11) is 0. The third-order valence-corrected chi connectivity index (χ3v) is 3.64. The van der Waals surface area contributed by atoms with Gasteiger partial charge in [-0.15, -0.1) is 0 Å². The van der Waals surface area contributed by atoms with E-state index in [1.807, 2.05) is 25.1 Å². The van der Waals surface area contributed by atoms with Gasteiger partial charge in [-0.1, -0.05) is 23.7 Å². The maximum Gasteiger partial charge on any atom is 0.194 e. The molecule has 0 aliphatic heterocycles. The first-order chi connectivity index (χ1) is 9.85. The van der Waals surface area contributed by atoms with Gasteiger partial charge in [-0.05, 0) is 52.3 Å². The van der Waals surface area contributed by atoms with Crippen LogP contribution in [0.15, 0.2) is 28.8 Å². The average Bonchev–Trinajstić information content (AvgIpc) is 2.86. The summed E-state index contributed by atoms with van der Waals surface area (Å²) in [5, 5.41) is 4.21. The predicted octanol–water partition coefficient (Wildman–Crippen LogP) is 4.62.